The Labute approximate surface area is 145 Å². The van der Waals surface area contributed by atoms with Crippen LogP contribution in [0.25, 0.3) is 0 Å². The number of benzene rings is 2. The third kappa shape index (κ3) is 2.76. The van der Waals surface area contributed by atoms with E-state index >= 15 is 0 Å². The van der Waals surface area contributed by atoms with E-state index in [-0.39, 0.29) is 17.7 Å². The van der Waals surface area contributed by atoms with Crippen LogP contribution in [0.5, 0.6) is 0 Å². The van der Waals surface area contributed by atoms with E-state index in [1.807, 2.05) is 42.5 Å². The largest absolute Gasteiger partial charge is 0.469 e. The van der Waals surface area contributed by atoms with Gasteiger partial charge in [-0.25, -0.2) is 0 Å². The molecule has 3 aromatic rings. The minimum absolute atomic E-state index is 0.000474. The van der Waals surface area contributed by atoms with Crippen molar-refractivity contribution >= 4 is 11.8 Å². The first-order chi connectivity index (χ1) is 12.3. The first kappa shape index (κ1) is 15.4. The maximum atomic E-state index is 12.5. The van der Waals surface area contributed by atoms with E-state index in [0.717, 1.165) is 11.3 Å². The number of fused-ring (bicyclic) bond motifs is 1. The first-order valence-electron chi connectivity index (χ1n) is 8.29. The van der Waals surface area contributed by atoms with E-state index in [0.29, 0.717) is 24.1 Å². The summed E-state index contributed by atoms with van der Waals surface area (Å²) in [5.74, 6) is 0.405. The molecule has 4 rings (SSSR count). The number of hydrogen-bond donors (Lipinski definition) is 0. The van der Waals surface area contributed by atoms with Gasteiger partial charge in [-0.15, -0.1) is 0 Å². The molecule has 1 aliphatic rings. The summed E-state index contributed by atoms with van der Waals surface area (Å²) < 4.78 is 5.59. The summed E-state index contributed by atoms with van der Waals surface area (Å²) in [4.78, 5) is 26.4. The number of amides is 2. The molecule has 0 unspecified atom stereocenters. The highest BCUT2D eigenvalue weighted by atomic mass is 16.3. The molecule has 4 heteroatoms. The number of rotatable bonds is 5. The smallest absolute Gasteiger partial charge is 0.261 e. The molecule has 124 valence electrons. The van der Waals surface area contributed by atoms with Crippen molar-refractivity contribution in [1.29, 1.82) is 0 Å². The monoisotopic (exact) mass is 331 g/mol. The number of hydrogen-bond acceptors (Lipinski definition) is 3. The summed E-state index contributed by atoms with van der Waals surface area (Å²) in [5, 5.41) is 0. The molecule has 0 N–H and O–H groups in total. The highest BCUT2D eigenvalue weighted by Crippen LogP contribution is 2.30. The van der Waals surface area contributed by atoms with Crippen LogP contribution >= 0.6 is 0 Å². The first-order valence-corrected chi connectivity index (χ1v) is 8.29. The Hall–Kier alpha value is -3.14. The molecule has 1 aliphatic heterocycles. The molecule has 1 atom stereocenters. The van der Waals surface area contributed by atoms with E-state index in [9.17, 15) is 9.59 Å². The molecule has 1 aromatic heterocycles. The lowest BCUT2D eigenvalue weighted by Crippen LogP contribution is -2.31. The van der Waals surface area contributed by atoms with Crippen LogP contribution in [0.15, 0.2) is 77.4 Å². The van der Waals surface area contributed by atoms with Crippen molar-refractivity contribution in [2.75, 3.05) is 6.54 Å². The summed E-state index contributed by atoms with van der Waals surface area (Å²) in [6.45, 7) is 0.354. The van der Waals surface area contributed by atoms with E-state index in [1.54, 1.807) is 30.5 Å². The fourth-order valence-electron chi connectivity index (χ4n) is 3.35. The van der Waals surface area contributed by atoms with Crippen LogP contribution in [0.4, 0.5) is 0 Å². The van der Waals surface area contributed by atoms with Crippen molar-refractivity contribution in [2.24, 2.45) is 0 Å². The highest BCUT2D eigenvalue weighted by molar-refractivity contribution is 6.21. The predicted molar refractivity (Wildman–Crippen MR) is 93.4 cm³/mol. The van der Waals surface area contributed by atoms with E-state index in [1.165, 1.54) is 4.90 Å². The van der Waals surface area contributed by atoms with Gasteiger partial charge in [0.05, 0.1) is 17.4 Å². The summed E-state index contributed by atoms with van der Waals surface area (Å²) in [7, 11) is 0. The highest BCUT2D eigenvalue weighted by Gasteiger charge is 2.35. The van der Waals surface area contributed by atoms with Crippen LogP contribution in [0, 0.1) is 0 Å². The van der Waals surface area contributed by atoms with Crippen molar-refractivity contribution in [2.45, 2.75) is 12.3 Å². The van der Waals surface area contributed by atoms with Gasteiger partial charge in [0.1, 0.15) is 5.76 Å². The van der Waals surface area contributed by atoms with E-state index in [2.05, 4.69) is 0 Å². The maximum Gasteiger partial charge on any atom is 0.261 e. The second kappa shape index (κ2) is 6.40. The Morgan fingerprint density at radius 2 is 1.44 bits per heavy atom. The number of carbonyl (C=O) groups is 2. The van der Waals surface area contributed by atoms with E-state index in [4.69, 9.17) is 4.42 Å². The van der Waals surface area contributed by atoms with Crippen molar-refractivity contribution in [1.82, 2.24) is 4.90 Å². The van der Waals surface area contributed by atoms with Gasteiger partial charge in [0.2, 0.25) is 0 Å². The fourth-order valence-corrected chi connectivity index (χ4v) is 3.35. The zero-order valence-corrected chi connectivity index (χ0v) is 13.6. The Morgan fingerprint density at radius 3 is 2.04 bits per heavy atom. The number of carbonyl (C=O) groups excluding carboxylic acids is 2. The van der Waals surface area contributed by atoms with Crippen LogP contribution in [0.3, 0.4) is 0 Å². The molecule has 0 fully saturated rings. The third-order valence-electron chi connectivity index (χ3n) is 4.61. The fraction of sp³-hybridized carbons (Fsp3) is 0.143. The van der Waals surface area contributed by atoms with Crippen molar-refractivity contribution in [3.05, 3.63) is 95.4 Å². The van der Waals surface area contributed by atoms with Gasteiger partial charge in [0.25, 0.3) is 11.8 Å². The molecule has 0 bridgehead atoms. The molecule has 0 saturated heterocycles. The zero-order valence-electron chi connectivity index (χ0n) is 13.6. The van der Waals surface area contributed by atoms with Crippen LogP contribution in [-0.4, -0.2) is 23.3 Å². The molecule has 2 amide bonds. The van der Waals surface area contributed by atoms with Crippen molar-refractivity contribution < 1.29 is 14.0 Å². The molecule has 2 heterocycles. The molecule has 4 nitrogen and oxygen atoms in total. The molecule has 0 saturated carbocycles. The Balaban J connectivity index is 1.57. The number of nitrogens with zero attached hydrogens (tertiary/aromatic N) is 1. The molecule has 0 aliphatic carbocycles. The van der Waals surface area contributed by atoms with Crippen LogP contribution in [0.2, 0.25) is 0 Å². The number of imide groups is 1. The summed E-state index contributed by atoms with van der Waals surface area (Å²) >= 11 is 0. The molecule has 0 spiro atoms. The van der Waals surface area contributed by atoms with Gasteiger partial charge in [0.15, 0.2) is 0 Å². The van der Waals surface area contributed by atoms with Gasteiger partial charge in [-0.3, -0.25) is 14.5 Å². The third-order valence-corrected chi connectivity index (χ3v) is 4.61. The summed E-state index contributed by atoms with van der Waals surface area (Å²) in [6.07, 6.45) is 2.26. The standard InChI is InChI=1S/C21H17NO3/c23-20-17-9-4-5-10-18(17)21(24)22(20)13-12-16(19-11-6-14-25-19)15-7-2-1-3-8-15/h1-11,14,16H,12-13H2/t16-/m0/s1. The number of furan rings is 1. The lowest BCUT2D eigenvalue weighted by atomic mass is 9.93. The molecule has 25 heavy (non-hydrogen) atoms. The molecular formula is C21H17NO3. The second-order valence-corrected chi connectivity index (χ2v) is 6.07. The zero-order chi connectivity index (χ0) is 17.2. The predicted octanol–water partition coefficient (Wildman–Crippen LogP) is 4.10. The van der Waals surface area contributed by atoms with Gasteiger partial charge < -0.3 is 4.42 Å². The maximum absolute atomic E-state index is 12.5. The Morgan fingerprint density at radius 1 is 0.800 bits per heavy atom. The quantitative estimate of drug-likeness (QED) is 0.662. The van der Waals surface area contributed by atoms with Gasteiger partial charge in [-0.1, -0.05) is 42.5 Å². The van der Waals surface area contributed by atoms with Crippen LogP contribution in [-0.2, 0) is 0 Å². The van der Waals surface area contributed by atoms with Gasteiger partial charge in [-0.2, -0.15) is 0 Å². The van der Waals surface area contributed by atoms with Gasteiger partial charge in [0, 0.05) is 12.5 Å². The van der Waals surface area contributed by atoms with Crippen LogP contribution < -0.4 is 0 Å². The van der Waals surface area contributed by atoms with Crippen molar-refractivity contribution in [3.63, 3.8) is 0 Å². The Bertz CT molecular complexity index is 865. The van der Waals surface area contributed by atoms with Crippen molar-refractivity contribution in [3.8, 4) is 0 Å². The average Bonchev–Trinajstić information content (AvgIpc) is 3.26. The van der Waals surface area contributed by atoms with E-state index < -0.39 is 0 Å². The lowest BCUT2D eigenvalue weighted by Gasteiger charge is -2.19. The lowest BCUT2D eigenvalue weighted by molar-refractivity contribution is 0.0650. The molecular weight excluding hydrogens is 314 g/mol. The summed E-state index contributed by atoms with van der Waals surface area (Å²) in [6, 6.07) is 20.8. The molecule has 0 radical (unpaired) electrons. The second-order valence-electron chi connectivity index (χ2n) is 6.07. The Kier molecular flexibility index (Phi) is 3.94. The minimum Gasteiger partial charge on any atom is -0.469 e. The summed E-state index contributed by atoms with van der Waals surface area (Å²) in [5.41, 5.74) is 2.08. The topological polar surface area (TPSA) is 50.5 Å². The SMILES string of the molecule is O=C1c2ccccc2C(=O)N1CC[C@@H](c1ccccc1)c1ccco1. The van der Waals surface area contributed by atoms with Crippen LogP contribution in [0.1, 0.15) is 44.4 Å². The van der Waals surface area contributed by atoms with Gasteiger partial charge >= 0.3 is 0 Å². The van der Waals surface area contributed by atoms with Gasteiger partial charge in [-0.05, 0) is 36.2 Å². The normalized spacial score (nSPS) is 14.6. The minimum atomic E-state index is -0.216. The average molecular weight is 331 g/mol. The molecule has 2 aromatic carbocycles.